The molecule has 0 radical (unpaired) electrons. The second-order valence-corrected chi connectivity index (χ2v) is 6.81. The molecule has 0 saturated heterocycles. The highest BCUT2D eigenvalue weighted by Crippen LogP contribution is 2.20. The second-order valence-electron chi connectivity index (χ2n) is 5.15. The normalized spacial score (nSPS) is 11.4. The van der Waals surface area contributed by atoms with E-state index in [1.807, 2.05) is 30.3 Å². The van der Waals surface area contributed by atoms with Crippen molar-refractivity contribution in [2.45, 2.75) is 4.90 Å². The number of hydrazone groups is 1. The van der Waals surface area contributed by atoms with E-state index in [0.29, 0.717) is 5.75 Å². The Kier molecular flexibility index (Phi) is 5.11. The van der Waals surface area contributed by atoms with E-state index >= 15 is 0 Å². The number of rotatable bonds is 6. The number of hydrogen-bond donors (Lipinski definition) is 1. The summed E-state index contributed by atoms with van der Waals surface area (Å²) in [4.78, 5) is 2.35. The molecule has 0 saturated carbocycles. The van der Waals surface area contributed by atoms with Crippen molar-refractivity contribution in [2.75, 3.05) is 0 Å². The SMILES string of the molecule is O=S(=O)(N/N=C/c1ccc(Oc2ccccc2)cc1)c1ccccc1. The summed E-state index contributed by atoms with van der Waals surface area (Å²) in [6.07, 6.45) is 1.44. The molecule has 3 rings (SSSR count). The van der Waals surface area contributed by atoms with E-state index in [9.17, 15) is 8.42 Å². The first-order valence-electron chi connectivity index (χ1n) is 7.56. The molecule has 0 atom stereocenters. The molecule has 0 aromatic heterocycles. The summed E-state index contributed by atoms with van der Waals surface area (Å²) in [5.41, 5.74) is 0.746. The fourth-order valence-corrected chi connectivity index (χ4v) is 2.88. The van der Waals surface area contributed by atoms with E-state index in [0.717, 1.165) is 11.3 Å². The fraction of sp³-hybridized carbons (Fsp3) is 0. The van der Waals surface area contributed by atoms with Crippen molar-refractivity contribution < 1.29 is 13.2 Å². The zero-order valence-corrected chi connectivity index (χ0v) is 14.1. The van der Waals surface area contributed by atoms with Gasteiger partial charge in [0, 0.05) is 0 Å². The van der Waals surface area contributed by atoms with Crippen LogP contribution in [0, 0.1) is 0 Å². The maximum absolute atomic E-state index is 12.0. The first kappa shape index (κ1) is 16.7. The van der Waals surface area contributed by atoms with Gasteiger partial charge in [0.05, 0.1) is 11.1 Å². The molecule has 0 unspecified atom stereocenters. The van der Waals surface area contributed by atoms with Crippen molar-refractivity contribution in [2.24, 2.45) is 5.10 Å². The lowest BCUT2D eigenvalue weighted by molar-refractivity contribution is 0.482. The van der Waals surface area contributed by atoms with Crippen molar-refractivity contribution in [3.8, 4) is 11.5 Å². The molecule has 0 amide bonds. The smallest absolute Gasteiger partial charge is 0.276 e. The van der Waals surface area contributed by atoms with Crippen LogP contribution in [0.1, 0.15) is 5.56 Å². The van der Waals surface area contributed by atoms with Crippen LogP contribution in [0.15, 0.2) is 94.9 Å². The Morgan fingerprint density at radius 2 is 1.32 bits per heavy atom. The van der Waals surface area contributed by atoms with Gasteiger partial charge in [-0.3, -0.25) is 0 Å². The van der Waals surface area contributed by atoms with Crippen LogP contribution in [0.4, 0.5) is 0 Å². The Bertz CT molecular complexity index is 939. The quantitative estimate of drug-likeness (QED) is 0.542. The van der Waals surface area contributed by atoms with E-state index < -0.39 is 10.0 Å². The van der Waals surface area contributed by atoms with Gasteiger partial charge >= 0.3 is 0 Å². The largest absolute Gasteiger partial charge is 0.457 e. The third kappa shape index (κ3) is 4.68. The van der Waals surface area contributed by atoms with Gasteiger partial charge in [-0.1, -0.05) is 36.4 Å². The zero-order chi connectivity index (χ0) is 17.5. The van der Waals surface area contributed by atoms with E-state index in [-0.39, 0.29) is 4.90 Å². The van der Waals surface area contributed by atoms with E-state index in [1.165, 1.54) is 18.3 Å². The number of nitrogens with zero attached hydrogens (tertiary/aromatic N) is 1. The maximum Gasteiger partial charge on any atom is 0.276 e. The number of ether oxygens (including phenoxy) is 1. The van der Waals surface area contributed by atoms with Crippen LogP contribution >= 0.6 is 0 Å². The highest BCUT2D eigenvalue weighted by molar-refractivity contribution is 7.89. The van der Waals surface area contributed by atoms with E-state index in [2.05, 4.69) is 9.93 Å². The first-order valence-corrected chi connectivity index (χ1v) is 9.05. The molecule has 6 heteroatoms. The van der Waals surface area contributed by atoms with Gasteiger partial charge in [-0.25, -0.2) is 4.83 Å². The molecular formula is C19H16N2O3S. The van der Waals surface area contributed by atoms with Crippen LogP contribution in [-0.2, 0) is 10.0 Å². The van der Waals surface area contributed by atoms with Gasteiger partial charge in [0.15, 0.2) is 0 Å². The summed E-state index contributed by atoms with van der Waals surface area (Å²) >= 11 is 0. The summed E-state index contributed by atoms with van der Waals surface area (Å²) in [6, 6.07) is 24.7. The lowest BCUT2D eigenvalue weighted by Gasteiger charge is -2.05. The highest BCUT2D eigenvalue weighted by atomic mass is 32.2. The lowest BCUT2D eigenvalue weighted by Crippen LogP contribution is -2.18. The monoisotopic (exact) mass is 352 g/mol. The Morgan fingerprint density at radius 1 is 0.760 bits per heavy atom. The number of para-hydroxylation sites is 1. The van der Waals surface area contributed by atoms with Gasteiger partial charge in [-0.2, -0.15) is 13.5 Å². The minimum Gasteiger partial charge on any atom is -0.457 e. The summed E-state index contributed by atoms with van der Waals surface area (Å²) in [5.74, 6) is 1.44. The van der Waals surface area contributed by atoms with Crippen molar-refractivity contribution >= 4 is 16.2 Å². The first-order chi connectivity index (χ1) is 12.1. The Morgan fingerprint density at radius 3 is 1.96 bits per heavy atom. The summed E-state index contributed by atoms with van der Waals surface area (Å²) in [5, 5.41) is 3.80. The molecule has 1 N–H and O–H groups in total. The minimum absolute atomic E-state index is 0.166. The van der Waals surface area contributed by atoms with Crippen LogP contribution in [0.25, 0.3) is 0 Å². The molecule has 0 spiro atoms. The topological polar surface area (TPSA) is 67.8 Å². The Hall–Kier alpha value is -3.12. The van der Waals surface area contributed by atoms with Crippen LogP contribution in [0.5, 0.6) is 11.5 Å². The molecular weight excluding hydrogens is 336 g/mol. The number of benzene rings is 3. The molecule has 0 aliphatic heterocycles. The van der Waals surface area contributed by atoms with Crippen molar-refractivity contribution in [1.29, 1.82) is 0 Å². The number of hydrogen-bond acceptors (Lipinski definition) is 4. The summed E-state index contributed by atoms with van der Waals surface area (Å²) < 4.78 is 29.8. The molecule has 0 aliphatic rings. The van der Waals surface area contributed by atoms with E-state index in [4.69, 9.17) is 4.74 Å². The highest BCUT2D eigenvalue weighted by Gasteiger charge is 2.10. The molecule has 3 aromatic rings. The Balaban J connectivity index is 1.62. The third-order valence-electron chi connectivity index (χ3n) is 3.30. The van der Waals surface area contributed by atoms with Crippen LogP contribution in [0.2, 0.25) is 0 Å². The zero-order valence-electron chi connectivity index (χ0n) is 13.2. The predicted octanol–water partition coefficient (Wildman–Crippen LogP) is 3.79. The van der Waals surface area contributed by atoms with Gasteiger partial charge in [0.25, 0.3) is 10.0 Å². The predicted molar refractivity (Wildman–Crippen MR) is 97.3 cm³/mol. The minimum atomic E-state index is -3.65. The van der Waals surface area contributed by atoms with Crippen LogP contribution in [0.3, 0.4) is 0 Å². The van der Waals surface area contributed by atoms with Crippen LogP contribution < -0.4 is 9.57 Å². The summed E-state index contributed by atoms with van der Waals surface area (Å²) in [6.45, 7) is 0. The summed E-state index contributed by atoms with van der Waals surface area (Å²) in [7, 11) is -3.65. The fourth-order valence-electron chi connectivity index (χ4n) is 2.07. The molecule has 0 fully saturated rings. The van der Waals surface area contributed by atoms with Gasteiger partial charge in [0.1, 0.15) is 11.5 Å². The lowest BCUT2D eigenvalue weighted by atomic mass is 10.2. The third-order valence-corrected chi connectivity index (χ3v) is 4.54. The van der Waals surface area contributed by atoms with Gasteiger partial charge < -0.3 is 4.74 Å². The Labute approximate surface area is 146 Å². The van der Waals surface area contributed by atoms with Crippen molar-refractivity contribution in [1.82, 2.24) is 4.83 Å². The average molecular weight is 352 g/mol. The second kappa shape index (κ2) is 7.63. The van der Waals surface area contributed by atoms with Crippen LogP contribution in [-0.4, -0.2) is 14.6 Å². The molecule has 5 nitrogen and oxygen atoms in total. The molecule has 0 aliphatic carbocycles. The molecule has 25 heavy (non-hydrogen) atoms. The van der Waals surface area contributed by atoms with Crippen molar-refractivity contribution in [3.63, 3.8) is 0 Å². The maximum atomic E-state index is 12.0. The van der Waals surface area contributed by atoms with Gasteiger partial charge in [-0.15, -0.1) is 0 Å². The molecule has 3 aromatic carbocycles. The number of sulfonamides is 1. The molecule has 0 heterocycles. The molecule has 0 bridgehead atoms. The van der Waals surface area contributed by atoms with Crippen molar-refractivity contribution in [3.05, 3.63) is 90.5 Å². The molecule has 126 valence electrons. The average Bonchev–Trinajstić information content (AvgIpc) is 2.65. The number of nitrogens with one attached hydrogen (secondary N) is 1. The van der Waals surface area contributed by atoms with Gasteiger partial charge in [-0.05, 0) is 54.1 Å². The standard InChI is InChI=1S/C19H16N2O3S/c22-25(23,19-9-5-2-6-10-19)21-20-15-16-11-13-18(14-12-16)24-17-7-3-1-4-8-17/h1-15,21H/b20-15+. The van der Waals surface area contributed by atoms with E-state index in [1.54, 1.807) is 42.5 Å². The van der Waals surface area contributed by atoms with Gasteiger partial charge in [0.2, 0.25) is 0 Å².